The van der Waals surface area contributed by atoms with Crippen molar-refractivity contribution in [2.45, 2.75) is 10.6 Å². The number of hydrogen-bond donors (Lipinski definition) is 0. The van der Waals surface area contributed by atoms with E-state index in [-0.39, 0.29) is 48.4 Å². The number of nitro benzene ring substituents is 1. The van der Waals surface area contributed by atoms with E-state index in [0.717, 1.165) is 11.3 Å². The van der Waals surface area contributed by atoms with Crippen molar-refractivity contribution in [2.24, 2.45) is 0 Å². The van der Waals surface area contributed by atoms with Crippen LogP contribution in [0.1, 0.15) is 5.56 Å². The zero-order valence-electron chi connectivity index (χ0n) is 14.1. The molecule has 0 bridgehead atoms. The highest BCUT2D eigenvalue weighted by molar-refractivity contribution is 7.91. The smallest absolute Gasteiger partial charge is 0.273 e. The normalized spacial score (nSPS) is 15.7. The fourth-order valence-electron chi connectivity index (χ4n) is 2.85. The third kappa shape index (κ3) is 4.29. The van der Waals surface area contributed by atoms with Gasteiger partial charge in [-0.15, -0.1) is 11.3 Å². The van der Waals surface area contributed by atoms with E-state index in [9.17, 15) is 23.3 Å². The second kappa shape index (κ2) is 7.93. The fraction of sp³-hybridized carbons (Fsp3) is 0.312. The van der Waals surface area contributed by atoms with E-state index in [0.29, 0.717) is 9.90 Å². The summed E-state index contributed by atoms with van der Waals surface area (Å²) in [5, 5.41) is 11.1. The molecule has 1 aromatic heterocycles. The summed E-state index contributed by atoms with van der Waals surface area (Å²) in [6, 6.07) is 9.11. The Morgan fingerprint density at radius 3 is 2.41 bits per heavy atom. The van der Waals surface area contributed by atoms with Crippen molar-refractivity contribution in [3.8, 4) is 0 Å². The molecule has 1 aliphatic rings. The average molecular weight is 430 g/mol. The molecule has 3 rings (SSSR count). The molecule has 1 aliphatic heterocycles. The van der Waals surface area contributed by atoms with Crippen molar-refractivity contribution in [1.82, 2.24) is 9.21 Å². The third-order valence-electron chi connectivity index (χ3n) is 4.26. The molecular formula is C16H16ClN3O5S2. The van der Waals surface area contributed by atoms with Gasteiger partial charge in [0.15, 0.2) is 0 Å². The SMILES string of the molecule is O=C(Cc1ccccc1[N+](=O)[O-])N1CCN(S(=O)(=O)c2ccc(Cl)s2)CC1. The lowest BCUT2D eigenvalue weighted by atomic mass is 10.1. The van der Waals surface area contributed by atoms with Crippen LogP contribution in [0.4, 0.5) is 5.69 Å². The van der Waals surface area contributed by atoms with E-state index >= 15 is 0 Å². The van der Waals surface area contributed by atoms with E-state index in [4.69, 9.17) is 11.6 Å². The molecule has 2 heterocycles. The van der Waals surface area contributed by atoms with E-state index in [1.807, 2.05) is 0 Å². The first-order valence-electron chi connectivity index (χ1n) is 8.04. The number of nitrogens with zero attached hydrogens (tertiary/aromatic N) is 3. The van der Waals surface area contributed by atoms with Gasteiger partial charge in [-0.05, 0) is 12.1 Å². The number of carbonyl (C=O) groups is 1. The molecule has 2 aromatic rings. The molecule has 0 saturated carbocycles. The minimum Gasteiger partial charge on any atom is -0.340 e. The van der Waals surface area contributed by atoms with Crippen molar-refractivity contribution < 1.29 is 18.1 Å². The van der Waals surface area contributed by atoms with Crippen LogP contribution in [-0.4, -0.2) is 54.6 Å². The Bertz CT molecular complexity index is 968. The van der Waals surface area contributed by atoms with Crippen LogP contribution >= 0.6 is 22.9 Å². The predicted molar refractivity (Wildman–Crippen MR) is 101 cm³/mol. The summed E-state index contributed by atoms with van der Waals surface area (Å²) in [4.78, 5) is 24.6. The molecule has 11 heteroatoms. The number of piperazine rings is 1. The molecule has 1 saturated heterocycles. The predicted octanol–water partition coefficient (Wildman–Crippen LogP) is 2.39. The molecule has 0 aliphatic carbocycles. The number of sulfonamides is 1. The quantitative estimate of drug-likeness (QED) is 0.536. The number of thiophene rings is 1. The number of hydrogen-bond acceptors (Lipinski definition) is 6. The van der Waals surface area contributed by atoms with Crippen molar-refractivity contribution in [3.63, 3.8) is 0 Å². The molecule has 0 unspecified atom stereocenters. The van der Waals surface area contributed by atoms with Crippen LogP contribution in [-0.2, 0) is 21.2 Å². The second-order valence-corrected chi connectivity index (χ2v) is 9.79. The second-order valence-electron chi connectivity index (χ2n) is 5.91. The lowest BCUT2D eigenvalue weighted by Gasteiger charge is -2.33. The number of halogens is 1. The summed E-state index contributed by atoms with van der Waals surface area (Å²) in [6.45, 7) is 0.802. The molecule has 1 aromatic carbocycles. The van der Waals surface area contributed by atoms with E-state index in [1.165, 1.54) is 27.4 Å². The number of nitro groups is 1. The lowest BCUT2D eigenvalue weighted by Crippen LogP contribution is -2.50. The molecular weight excluding hydrogens is 414 g/mol. The van der Waals surface area contributed by atoms with Crippen LogP contribution in [0.25, 0.3) is 0 Å². The summed E-state index contributed by atoms with van der Waals surface area (Å²) in [6.07, 6.45) is -0.0928. The van der Waals surface area contributed by atoms with Crippen molar-refractivity contribution in [3.05, 3.63) is 56.4 Å². The Balaban J connectivity index is 1.64. The van der Waals surface area contributed by atoms with Crippen molar-refractivity contribution in [2.75, 3.05) is 26.2 Å². The molecule has 8 nitrogen and oxygen atoms in total. The highest BCUT2D eigenvalue weighted by atomic mass is 35.5. The molecule has 144 valence electrons. The Hall–Kier alpha value is -2.01. The topological polar surface area (TPSA) is 101 Å². The molecule has 0 N–H and O–H groups in total. The van der Waals surface area contributed by atoms with Gasteiger partial charge in [-0.25, -0.2) is 8.42 Å². The van der Waals surface area contributed by atoms with Gasteiger partial charge in [0, 0.05) is 37.8 Å². The molecule has 27 heavy (non-hydrogen) atoms. The van der Waals surface area contributed by atoms with Crippen LogP contribution in [0, 0.1) is 10.1 Å². The lowest BCUT2D eigenvalue weighted by molar-refractivity contribution is -0.385. The summed E-state index contributed by atoms with van der Waals surface area (Å²) in [5.74, 6) is -0.263. The standard InChI is InChI=1S/C16H16ClN3O5S2/c17-14-5-6-16(26-14)27(24,25)19-9-7-18(8-10-19)15(21)11-12-3-1-2-4-13(12)20(22)23/h1-6H,7-11H2. The van der Waals surface area contributed by atoms with Crippen LogP contribution < -0.4 is 0 Å². The van der Waals surface area contributed by atoms with Crippen LogP contribution in [0.15, 0.2) is 40.6 Å². The molecule has 0 spiro atoms. The maximum atomic E-state index is 12.6. The molecule has 0 atom stereocenters. The highest BCUT2D eigenvalue weighted by Crippen LogP contribution is 2.28. The Morgan fingerprint density at radius 1 is 1.15 bits per heavy atom. The summed E-state index contributed by atoms with van der Waals surface area (Å²) < 4.78 is 27.1. The highest BCUT2D eigenvalue weighted by Gasteiger charge is 2.31. The van der Waals surface area contributed by atoms with Gasteiger partial charge in [0.05, 0.1) is 15.7 Å². The van der Waals surface area contributed by atoms with Gasteiger partial charge in [-0.3, -0.25) is 14.9 Å². The van der Waals surface area contributed by atoms with Crippen LogP contribution in [0.5, 0.6) is 0 Å². The van der Waals surface area contributed by atoms with Crippen molar-refractivity contribution in [1.29, 1.82) is 0 Å². The van der Waals surface area contributed by atoms with Gasteiger partial charge >= 0.3 is 0 Å². The van der Waals surface area contributed by atoms with Gasteiger partial charge in [0.25, 0.3) is 15.7 Å². The average Bonchev–Trinajstić information content (AvgIpc) is 3.09. The number of benzene rings is 1. The largest absolute Gasteiger partial charge is 0.340 e. The maximum Gasteiger partial charge on any atom is 0.273 e. The molecule has 1 fully saturated rings. The maximum absolute atomic E-state index is 12.6. The number of carbonyl (C=O) groups excluding carboxylic acids is 1. The number of amides is 1. The Labute approximate surface area is 165 Å². The number of rotatable bonds is 5. The fourth-order valence-corrected chi connectivity index (χ4v) is 5.91. The van der Waals surface area contributed by atoms with Crippen LogP contribution in [0.3, 0.4) is 0 Å². The minimum atomic E-state index is -3.63. The molecule has 1 amide bonds. The monoisotopic (exact) mass is 429 g/mol. The summed E-state index contributed by atoms with van der Waals surface area (Å²) in [5.41, 5.74) is 0.248. The Morgan fingerprint density at radius 2 is 1.81 bits per heavy atom. The molecule has 0 radical (unpaired) electrons. The zero-order chi connectivity index (χ0) is 19.6. The van der Waals surface area contributed by atoms with E-state index in [2.05, 4.69) is 0 Å². The van der Waals surface area contributed by atoms with Crippen molar-refractivity contribution >= 4 is 44.6 Å². The minimum absolute atomic E-state index is 0.0928. The third-order valence-corrected chi connectivity index (χ3v) is 7.86. The van der Waals surface area contributed by atoms with Gasteiger partial charge in [0.2, 0.25) is 5.91 Å². The van der Waals surface area contributed by atoms with Gasteiger partial charge in [-0.1, -0.05) is 29.8 Å². The van der Waals surface area contributed by atoms with Gasteiger partial charge in [-0.2, -0.15) is 4.31 Å². The first-order valence-corrected chi connectivity index (χ1v) is 10.7. The van der Waals surface area contributed by atoms with Gasteiger partial charge < -0.3 is 4.90 Å². The Kier molecular flexibility index (Phi) is 5.80. The first-order chi connectivity index (χ1) is 12.8. The van der Waals surface area contributed by atoms with Crippen LogP contribution in [0.2, 0.25) is 4.34 Å². The van der Waals surface area contributed by atoms with E-state index < -0.39 is 14.9 Å². The van der Waals surface area contributed by atoms with Gasteiger partial charge in [0.1, 0.15) is 4.21 Å². The summed E-state index contributed by atoms with van der Waals surface area (Å²) in [7, 11) is -3.63. The summed E-state index contributed by atoms with van der Waals surface area (Å²) >= 11 is 6.81. The number of para-hydroxylation sites is 1. The van der Waals surface area contributed by atoms with E-state index in [1.54, 1.807) is 18.2 Å². The zero-order valence-corrected chi connectivity index (χ0v) is 16.5. The first kappa shape index (κ1) is 19.7.